The fourth-order valence-electron chi connectivity index (χ4n) is 2.52. The topological polar surface area (TPSA) is 32.6 Å². The standard InChI is InChI=1S/C15H19NO/c1-3-13(11-17)15(8-5-9-16-15)14-7-4-6-12(2)10-14/h4-10,13,17H,3,11H2,1-2H3. The minimum absolute atomic E-state index is 0.138. The molecule has 0 bridgehead atoms. The predicted molar refractivity (Wildman–Crippen MR) is 71.4 cm³/mol. The van der Waals surface area contributed by atoms with E-state index in [0.29, 0.717) is 0 Å². The number of aliphatic hydroxyl groups excluding tert-OH is 1. The Hall–Kier alpha value is -1.41. The van der Waals surface area contributed by atoms with Crippen LogP contribution in [0.4, 0.5) is 0 Å². The Morgan fingerprint density at radius 2 is 2.24 bits per heavy atom. The molecule has 1 aliphatic rings. The highest BCUT2D eigenvalue weighted by atomic mass is 16.3. The molecule has 0 aliphatic carbocycles. The second-order valence-electron chi connectivity index (χ2n) is 4.62. The molecule has 0 fully saturated rings. The molecule has 2 nitrogen and oxygen atoms in total. The van der Waals surface area contributed by atoms with Crippen molar-refractivity contribution in [2.45, 2.75) is 25.8 Å². The SMILES string of the molecule is CCC(CO)C1(c2cccc(C)c2)C=CC=N1. The van der Waals surface area contributed by atoms with Gasteiger partial charge in [0.25, 0.3) is 0 Å². The quantitative estimate of drug-likeness (QED) is 0.846. The van der Waals surface area contributed by atoms with Gasteiger partial charge < -0.3 is 5.11 Å². The van der Waals surface area contributed by atoms with E-state index in [4.69, 9.17) is 0 Å². The molecule has 2 heteroatoms. The summed E-state index contributed by atoms with van der Waals surface area (Å²) in [7, 11) is 0. The lowest BCUT2D eigenvalue weighted by molar-refractivity contribution is 0.173. The van der Waals surface area contributed by atoms with Crippen molar-refractivity contribution < 1.29 is 5.11 Å². The van der Waals surface area contributed by atoms with Crippen molar-refractivity contribution >= 4 is 6.21 Å². The first-order chi connectivity index (χ1) is 8.23. The van der Waals surface area contributed by atoms with E-state index in [9.17, 15) is 5.11 Å². The molecule has 1 aromatic carbocycles. The molecule has 0 aromatic heterocycles. The summed E-state index contributed by atoms with van der Waals surface area (Å²) in [6.07, 6.45) is 6.82. The number of aliphatic hydroxyl groups is 1. The maximum Gasteiger partial charge on any atom is 0.109 e. The zero-order chi connectivity index (χ0) is 12.3. The summed E-state index contributed by atoms with van der Waals surface area (Å²) in [5.41, 5.74) is 2.03. The Morgan fingerprint density at radius 3 is 2.76 bits per heavy atom. The van der Waals surface area contributed by atoms with Crippen LogP contribution in [0.2, 0.25) is 0 Å². The molecule has 0 radical (unpaired) electrons. The second kappa shape index (κ2) is 4.84. The van der Waals surface area contributed by atoms with Crippen LogP contribution in [0.5, 0.6) is 0 Å². The van der Waals surface area contributed by atoms with Crippen LogP contribution in [-0.4, -0.2) is 17.9 Å². The number of rotatable bonds is 4. The van der Waals surface area contributed by atoms with Crippen LogP contribution < -0.4 is 0 Å². The Bertz CT molecular complexity index is 432. The van der Waals surface area contributed by atoms with Crippen molar-refractivity contribution in [3.8, 4) is 0 Å². The minimum Gasteiger partial charge on any atom is -0.396 e. The number of nitrogens with zero attached hydrogens (tertiary/aromatic N) is 1. The monoisotopic (exact) mass is 229 g/mol. The van der Waals surface area contributed by atoms with Crippen molar-refractivity contribution in [1.82, 2.24) is 0 Å². The van der Waals surface area contributed by atoms with E-state index in [0.717, 1.165) is 6.42 Å². The Balaban J connectivity index is 2.49. The third-order valence-electron chi connectivity index (χ3n) is 3.54. The Kier molecular flexibility index (Phi) is 3.43. The first-order valence-corrected chi connectivity index (χ1v) is 6.14. The fourth-order valence-corrected chi connectivity index (χ4v) is 2.52. The van der Waals surface area contributed by atoms with Gasteiger partial charge in [0.1, 0.15) is 5.54 Å². The van der Waals surface area contributed by atoms with Gasteiger partial charge in [-0.25, -0.2) is 0 Å². The number of hydrogen-bond acceptors (Lipinski definition) is 2. The lowest BCUT2D eigenvalue weighted by atomic mass is 9.77. The zero-order valence-corrected chi connectivity index (χ0v) is 10.4. The number of allylic oxidation sites excluding steroid dienone is 1. The maximum absolute atomic E-state index is 9.57. The van der Waals surface area contributed by atoms with E-state index in [2.05, 4.69) is 49.2 Å². The van der Waals surface area contributed by atoms with Crippen molar-refractivity contribution in [3.05, 3.63) is 47.5 Å². The van der Waals surface area contributed by atoms with Crippen molar-refractivity contribution in [3.63, 3.8) is 0 Å². The summed E-state index contributed by atoms with van der Waals surface area (Å²) in [4.78, 5) is 4.62. The summed E-state index contributed by atoms with van der Waals surface area (Å²) < 4.78 is 0. The first-order valence-electron chi connectivity index (χ1n) is 6.14. The molecule has 0 spiro atoms. The van der Waals surface area contributed by atoms with Gasteiger partial charge in [0.2, 0.25) is 0 Å². The van der Waals surface area contributed by atoms with Crippen LogP contribution in [0.25, 0.3) is 0 Å². The van der Waals surface area contributed by atoms with E-state index < -0.39 is 0 Å². The molecule has 1 heterocycles. The van der Waals surface area contributed by atoms with Crippen LogP contribution in [0.3, 0.4) is 0 Å². The molecule has 1 N–H and O–H groups in total. The van der Waals surface area contributed by atoms with Gasteiger partial charge >= 0.3 is 0 Å². The van der Waals surface area contributed by atoms with Gasteiger partial charge in [-0.3, -0.25) is 4.99 Å². The lowest BCUT2D eigenvalue weighted by Gasteiger charge is -2.32. The van der Waals surface area contributed by atoms with Crippen molar-refractivity contribution in [1.29, 1.82) is 0 Å². The van der Waals surface area contributed by atoms with Gasteiger partial charge in [-0.2, -0.15) is 0 Å². The summed E-state index contributed by atoms with van der Waals surface area (Å²) >= 11 is 0. The lowest BCUT2D eigenvalue weighted by Crippen LogP contribution is -2.32. The van der Waals surface area contributed by atoms with Gasteiger partial charge in [0, 0.05) is 18.7 Å². The molecular formula is C15H19NO. The molecular weight excluding hydrogens is 210 g/mol. The molecule has 2 atom stereocenters. The van der Waals surface area contributed by atoms with Crippen LogP contribution in [0, 0.1) is 12.8 Å². The van der Waals surface area contributed by atoms with E-state index in [1.54, 1.807) is 0 Å². The number of aryl methyl sites for hydroxylation is 1. The Morgan fingerprint density at radius 1 is 1.41 bits per heavy atom. The highest BCUT2D eigenvalue weighted by molar-refractivity contribution is 5.76. The van der Waals surface area contributed by atoms with Crippen molar-refractivity contribution in [2.24, 2.45) is 10.9 Å². The third-order valence-corrected chi connectivity index (χ3v) is 3.54. The minimum atomic E-state index is -0.366. The van der Waals surface area contributed by atoms with E-state index in [1.807, 2.05) is 12.3 Å². The maximum atomic E-state index is 9.57. The number of aliphatic imine (C=N–C) groups is 1. The van der Waals surface area contributed by atoms with E-state index in [1.165, 1.54) is 11.1 Å². The highest BCUT2D eigenvalue weighted by Gasteiger charge is 2.37. The largest absolute Gasteiger partial charge is 0.396 e. The predicted octanol–water partition coefficient (Wildman–Crippen LogP) is 2.85. The van der Waals surface area contributed by atoms with Crippen LogP contribution in [0.15, 0.2) is 41.4 Å². The molecule has 0 saturated heterocycles. The van der Waals surface area contributed by atoms with Gasteiger partial charge in [0.05, 0.1) is 0 Å². The van der Waals surface area contributed by atoms with E-state index in [-0.39, 0.29) is 18.1 Å². The average Bonchev–Trinajstić information content (AvgIpc) is 2.81. The van der Waals surface area contributed by atoms with Gasteiger partial charge in [-0.1, -0.05) is 42.8 Å². The van der Waals surface area contributed by atoms with Gasteiger partial charge in [-0.15, -0.1) is 0 Å². The molecule has 2 unspecified atom stereocenters. The smallest absolute Gasteiger partial charge is 0.109 e. The van der Waals surface area contributed by atoms with Gasteiger partial charge in [0.15, 0.2) is 0 Å². The summed E-state index contributed by atoms with van der Waals surface area (Å²) in [6, 6.07) is 8.39. The molecule has 0 saturated carbocycles. The number of benzene rings is 1. The summed E-state index contributed by atoms with van der Waals surface area (Å²) in [5.74, 6) is 0.138. The molecule has 2 rings (SSSR count). The van der Waals surface area contributed by atoms with Crippen LogP contribution >= 0.6 is 0 Å². The van der Waals surface area contributed by atoms with Crippen molar-refractivity contribution in [2.75, 3.05) is 6.61 Å². The second-order valence-corrected chi connectivity index (χ2v) is 4.62. The molecule has 1 aromatic rings. The molecule has 17 heavy (non-hydrogen) atoms. The Labute approximate surface area is 103 Å². The summed E-state index contributed by atoms with van der Waals surface area (Å²) in [5, 5.41) is 9.57. The normalized spacial score (nSPS) is 24.2. The highest BCUT2D eigenvalue weighted by Crippen LogP contribution is 2.39. The van der Waals surface area contributed by atoms with Crippen LogP contribution in [0.1, 0.15) is 24.5 Å². The third kappa shape index (κ3) is 2.05. The zero-order valence-electron chi connectivity index (χ0n) is 10.4. The van der Waals surface area contributed by atoms with Crippen LogP contribution in [-0.2, 0) is 5.54 Å². The number of hydrogen-bond donors (Lipinski definition) is 1. The average molecular weight is 229 g/mol. The fraction of sp³-hybridized carbons (Fsp3) is 0.400. The molecule has 0 amide bonds. The first kappa shape index (κ1) is 12.1. The molecule has 90 valence electrons. The van der Waals surface area contributed by atoms with E-state index >= 15 is 0 Å². The molecule has 1 aliphatic heterocycles. The summed E-state index contributed by atoms with van der Waals surface area (Å²) in [6.45, 7) is 4.34. The van der Waals surface area contributed by atoms with Gasteiger partial charge in [-0.05, 0) is 25.0 Å².